The molecule has 2 aromatic carbocycles. The Kier molecular flexibility index (Phi) is 6.63. The van der Waals surface area contributed by atoms with Crippen LogP contribution in [-0.2, 0) is 0 Å². The highest BCUT2D eigenvalue weighted by atomic mass is 79.9. The maximum absolute atomic E-state index is 12.3. The zero-order valence-corrected chi connectivity index (χ0v) is 17.6. The molecule has 0 atom stereocenters. The molecule has 0 heterocycles. The number of carbonyl (C=O) groups is 2. The van der Waals surface area contributed by atoms with Gasteiger partial charge in [0.1, 0.15) is 0 Å². The predicted molar refractivity (Wildman–Crippen MR) is 110 cm³/mol. The van der Waals surface area contributed by atoms with Crippen molar-refractivity contribution >= 4 is 72.4 Å². The number of carbonyl (C=O) groups excluding carboxylic acids is 1. The van der Waals surface area contributed by atoms with Crippen LogP contribution in [0, 0.1) is 17.0 Å². The standard InChI is InChI=1S/C16H11Br2N3O5S/c1-7-2-3-8(4-12(7)21(25)26)14(22)20-16(27)19-13-10(15(23)24)5-9(17)6-11(13)18/h2-6H,1H3,(H,23,24)(H2,19,20,22,27). The first kappa shape index (κ1) is 20.9. The van der Waals surface area contributed by atoms with E-state index in [0.29, 0.717) is 14.5 Å². The molecule has 0 radical (unpaired) electrons. The van der Waals surface area contributed by atoms with Gasteiger partial charge in [-0.2, -0.15) is 0 Å². The lowest BCUT2D eigenvalue weighted by Crippen LogP contribution is -2.34. The monoisotopic (exact) mass is 515 g/mol. The molecule has 2 rings (SSSR count). The summed E-state index contributed by atoms with van der Waals surface area (Å²) in [5.41, 5.74) is 0.363. The van der Waals surface area contributed by atoms with Gasteiger partial charge >= 0.3 is 5.97 Å². The minimum absolute atomic E-state index is 0.0461. The largest absolute Gasteiger partial charge is 0.478 e. The van der Waals surface area contributed by atoms with Gasteiger partial charge < -0.3 is 10.4 Å². The first-order valence-corrected chi connectivity index (χ1v) is 9.19. The summed E-state index contributed by atoms with van der Waals surface area (Å²) in [5, 5.41) is 25.2. The van der Waals surface area contributed by atoms with E-state index in [-0.39, 0.29) is 27.6 Å². The second kappa shape index (κ2) is 8.55. The number of aryl methyl sites for hydroxylation is 1. The summed E-state index contributed by atoms with van der Waals surface area (Å²) in [5.74, 6) is -1.86. The van der Waals surface area contributed by atoms with E-state index in [1.54, 1.807) is 13.0 Å². The summed E-state index contributed by atoms with van der Waals surface area (Å²) >= 11 is 11.5. The third kappa shape index (κ3) is 5.08. The van der Waals surface area contributed by atoms with Gasteiger partial charge in [0.2, 0.25) is 0 Å². The fraction of sp³-hybridized carbons (Fsp3) is 0.0625. The normalized spacial score (nSPS) is 10.2. The average molecular weight is 517 g/mol. The fourth-order valence-electron chi connectivity index (χ4n) is 2.14. The zero-order valence-electron chi connectivity index (χ0n) is 13.6. The summed E-state index contributed by atoms with van der Waals surface area (Å²) in [7, 11) is 0. The summed E-state index contributed by atoms with van der Waals surface area (Å²) in [6.07, 6.45) is 0. The van der Waals surface area contributed by atoms with Crippen molar-refractivity contribution in [3.63, 3.8) is 0 Å². The third-order valence-corrected chi connectivity index (χ3v) is 4.71. The number of thiocarbonyl (C=S) groups is 1. The number of carboxylic acid groups (broad SMARTS) is 1. The quantitative estimate of drug-likeness (QED) is 0.315. The van der Waals surface area contributed by atoms with Gasteiger partial charge in [0, 0.05) is 26.1 Å². The average Bonchev–Trinajstić information content (AvgIpc) is 2.56. The number of rotatable bonds is 4. The van der Waals surface area contributed by atoms with Gasteiger partial charge in [-0.25, -0.2) is 4.79 Å². The van der Waals surface area contributed by atoms with E-state index < -0.39 is 16.8 Å². The van der Waals surface area contributed by atoms with Gasteiger partial charge in [-0.05, 0) is 53.3 Å². The highest BCUT2D eigenvalue weighted by Gasteiger charge is 2.18. The van der Waals surface area contributed by atoms with E-state index in [0.717, 1.165) is 6.07 Å². The van der Waals surface area contributed by atoms with Crippen LogP contribution in [0.3, 0.4) is 0 Å². The molecule has 27 heavy (non-hydrogen) atoms. The Labute approximate surface area is 175 Å². The van der Waals surface area contributed by atoms with Crippen molar-refractivity contribution in [2.75, 3.05) is 5.32 Å². The Hall–Kier alpha value is -2.37. The lowest BCUT2D eigenvalue weighted by atomic mass is 10.1. The Bertz CT molecular complexity index is 981. The Morgan fingerprint density at radius 1 is 1.22 bits per heavy atom. The van der Waals surface area contributed by atoms with E-state index in [2.05, 4.69) is 42.5 Å². The molecule has 0 unspecified atom stereocenters. The Morgan fingerprint density at radius 2 is 1.89 bits per heavy atom. The Morgan fingerprint density at radius 3 is 2.48 bits per heavy atom. The highest BCUT2D eigenvalue weighted by molar-refractivity contribution is 9.11. The third-order valence-electron chi connectivity index (χ3n) is 3.42. The fourth-order valence-corrected chi connectivity index (χ4v) is 3.66. The summed E-state index contributed by atoms with van der Waals surface area (Å²) in [4.78, 5) is 34.1. The number of anilines is 1. The van der Waals surface area contributed by atoms with Crippen LogP contribution < -0.4 is 10.6 Å². The maximum atomic E-state index is 12.3. The molecule has 0 saturated carbocycles. The molecule has 0 aliphatic rings. The summed E-state index contributed by atoms with van der Waals surface area (Å²) in [6.45, 7) is 1.56. The smallest absolute Gasteiger partial charge is 0.337 e. The van der Waals surface area contributed by atoms with Crippen LogP contribution in [0.5, 0.6) is 0 Å². The van der Waals surface area contributed by atoms with E-state index in [9.17, 15) is 24.8 Å². The second-order valence-electron chi connectivity index (χ2n) is 5.28. The maximum Gasteiger partial charge on any atom is 0.337 e. The number of carboxylic acids is 1. The number of hydrogen-bond donors (Lipinski definition) is 3. The number of nitro benzene ring substituents is 1. The molecule has 2 aromatic rings. The van der Waals surface area contributed by atoms with Crippen LogP contribution in [0.1, 0.15) is 26.3 Å². The number of aromatic carboxylic acids is 1. The van der Waals surface area contributed by atoms with Crippen LogP contribution in [0.4, 0.5) is 11.4 Å². The lowest BCUT2D eigenvalue weighted by Gasteiger charge is -2.14. The molecule has 0 bridgehead atoms. The van der Waals surface area contributed by atoms with E-state index in [1.165, 1.54) is 18.2 Å². The molecule has 0 aromatic heterocycles. The molecule has 8 nitrogen and oxygen atoms in total. The molecule has 0 aliphatic carbocycles. The molecule has 0 spiro atoms. The van der Waals surface area contributed by atoms with Crippen molar-refractivity contribution in [3.8, 4) is 0 Å². The van der Waals surface area contributed by atoms with Crippen LogP contribution in [-0.4, -0.2) is 27.0 Å². The predicted octanol–water partition coefficient (Wildman–Crippen LogP) is 4.25. The van der Waals surface area contributed by atoms with E-state index in [4.69, 9.17) is 12.2 Å². The minimum atomic E-state index is -1.19. The molecule has 0 aliphatic heterocycles. The van der Waals surface area contributed by atoms with Crippen molar-refractivity contribution in [1.29, 1.82) is 0 Å². The summed E-state index contributed by atoms with van der Waals surface area (Å²) in [6, 6.07) is 7.02. The second-order valence-corrected chi connectivity index (χ2v) is 7.46. The van der Waals surface area contributed by atoms with Gasteiger partial charge in [0.25, 0.3) is 11.6 Å². The van der Waals surface area contributed by atoms with Crippen LogP contribution in [0.15, 0.2) is 39.3 Å². The van der Waals surface area contributed by atoms with E-state index >= 15 is 0 Å². The van der Waals surface area contributed by atoms with Gasteiger partial charge in [-0.15, -0.1) is 0 Å². The van der Waals surface area contributed by atoms with Crippen LogP contribution in [0.2, 0.25) is 0 Å². The van der Waals surface area contributed by atoms with Crippen molar-refractivity contribution in [2.24, 2.45) is 0 Å². The molecule has 11 heteroatoms. The van der Waals surface area contributed by atoms with Crippen molar-refractivity contribution in [3.05, 3.63) is 66.1 Å². The van der Waals surface area contributed by atoms with Crippen molar-refractivity contribution in [1.82, 2.24) is 5.32 Å². The Balaban J connectivity index is 2.22. The summed E-state index contributed by atoms with van der Waals surface area (Å²) < 4.78 is 0.955. The molecule has 3 N–H and O–H groups in total. The molecule has 0 saturated heterocycles. The number of nitrogens with one attached hydrogen (secondary N) is 2. The zero-order chi connectivity index (χ0) is 20.3. The van der Waals surface area contributed by atoms with Gasteiger partial charge in [0.05, 0.1) is 16.2 Å². The molecular formula is C16H11Br2N3O5S. The molecular weight excluding hydrogens is 506 g/mol. The number of nitro groups is 1. The number of nitrogens with zero attached hydrogens (tertiary/aromatic N) is 1. The topological polar surface area (TPSA) is 122 Å². The number of amides is 1. The van der Waals surface area contributed by atoms with Gasteiger partial charge in [-0.3, -0.25) is 20.2 Å². The van der Waals surface area contributed by atoms with Gasteiger partial charge in [0.15, 0.2) is 5.11 Å². The highest BCUT2D eigenvalue weighted by Crippen LogP contribution is 2.31. The molecule has 1 amide bonds. The number of halogens is 2. The molecule has 0 fully saturated rings. The number of benzene rings is 2. The first-order chi connectivity index (χ1) is 12.6. The first-order valence-electron chi connectivity index (χ1n) is 7.20. The van der Waals surface area contributed by atoms with Crippen molar-refractivity contribution in [2.45, 2.75) is 6.92 Å². The lowest BCUT2D eigenvalue weighted by molar-refractivity contribution is -0.385. The molecule has 140 valence electrons. The van der Waals surface area contributed by atoms with Crippen LogP contribution >= 0.6 is 44.1 Å². The van der Waals surface area contributed by atoms with Crippen LogP contribution in [0.25, 0.3) is 0 Å². The van der Waals surface area contributed by atoms with E-state index in [1.807, 2.05) is 0 Å². The van der Waals surface area contributed by atoms with Gasteiger partial charge in [-0.1, -0.05) is 22.0 Å². The number of hydrogen-bond acceptors (Lipinski definition) is 5. The van der Waals surface area contributed by atoms with Crippen molar-refractivity contribution < 1.29 is 19.6 Å². The minimum Gasteiger partial charge on any atom is -0.478 e. The SMILES string of the molecule is Cc1ccc(C(=O)NC(=S)Nc2c(Br)cc(Br)cc2C(=O)O)cc1[N+](=O)[O-].